The molecule has 1 aromatic heterocycles. The number of ether oxygens (including phenoxy) is 1. The number of hydrogen-bond acceptors (Lipinski definition) is 6. The van der Waals surface area contributed by atoms with E-state index in [2.05, 4.69) is 10.3 Å². The molecule has 0 saturated heterocycles. The van der Waals surface area contributed by atoms with Gasteiger partial charge in [-0.05, 0) is 19.1 Å². The van der Waals surface area contributed by atoms with Crippen LogP contribution in [0.1, 0.15) is 17.4 Å². The van der Waals surface area contributed by atoms with E-state index in [1.165, 1.54) is 4.68 Å². The summed E-state index contributed by atoms with van der Waals surface area (Å²) in [6, 6.07) is 6.98. The normalized spacial score (nSPS) is 10.5. The Morgan fingerprint density at radius 3 is 2.70 bits per heavy atom. The second-order valence-corrected chi connectivity index (χ2v) is 4.08. The molecule has 7 heteroatoms. The molecule has 0 unspecified atom stereocenters. The van der Waals surface area contributed by atoms with Crippen LogP contribution in [0.15, 0.2) is 24.3 Å². The average Bonchev–Trinajstić information content (AvgIpc) is 2.84. The Morgan fingerprint density at radius 1 is 1.40 bits per heavy atom. The second kappa shape index (κ2) is 6.16. The van der Waals surface area contributed by atoms with Gasteiger partial charge in [0.1, 0.15) is 5.69 Å². The summed E-state index contributed by atoms with van der Waals surface area (Å²) in [6.07, 6.45) is 0. The molecular formula is C13H16N4O3. The van der Waals surface area contributed by atoms with Crippen molar-refractivity contribution in [2.75, 3.05) is 18.9 Å². The smallest absolute Gasteiger partial charge is 0.361 e. The molecule has 106 valence electrons. The maximum Gasteiger partial charge on any atom is 0.361 e. The fraction of sp³-hybridized carbons (Fsp3) is 0.308. The molecule has 0 aliphatic heterocycles. The third-order valence-corrected chi connectivity index (χ3v) is 2.70. The van der Waals surface area contributed by atoms with Gasteiger partial charge in [-0.25, -0.2) is 9.48 Å². The number of benzene rings is 1. The first-order valence-corrected chi connectivity index (χ1v) is 6.24. The fourth-order valence-electron chi connectivity index (χ4n) is 1.83. The molecule has 7 nitrogen and oxygen atoms in total. The maximum atomic E-state index is 11.9. The summed E-state index contributed by atoms with van der Waals surface area (Å²) in [5, 5.41) is 16.8. The zero-order chi connectivity index (χ0) is 14.5. The van der Waals surface area contributed by atoms with E-state index in [1.807, 2.05) is 0 Å². The van der Waals surface area contributed by atoms with Gasteiger partial charge in [0.15, 0.2) is 5.69 Å². The first-order chi connectivity index (χ1) is 9.67. The quantitative estimate of drug-likeness (QED) is 0.615. The van der Waals surface area contributed by atoms with E-state index in [0.29, 0.717) is 11.4 Å². The highest BCUT2D eigenvalue weighted by molar-refractivity contribution is 5.94. The van der Waals surface area contributed by atoms with Gasteiger partial charge in [-0.15, -0.1) is 5.10 Å². The Hall–Kier alpha value is -2.41. The molecule has 20 heavy (non-hydrogen) atoms. The molecule has 0 atom stereocenters. The lowest BCUT2D eigenvalue weighted by Crippen LogP contribution is -2.09. The van der Waals surface area contributed by atoms with Crippen LogP contribution in [0.2, 0.25) is 0 Å². The number of aromatic nitrogens is 3. The van der Waals surface area contributed by atoms with Crippen LogP contribution in [0.4, 0.5) is 5.69 Å². The molecule has 1 heterocycles. The van der Waals surface area contributed by atoms with Crippen molar-refractivity contribution in [2.24, 2.45) is 0 Å². The summed E-state index contributed by atoms with van der Waals surface area (Å²) in [7, 11) is 0. The van der Waals surface area contributed by atoms with Crippen molar-refractivity contribution in [1.82, 2.24) is 15.0 Å². The number of anilines is 1. The van der Waals surface area contributed by atoms with E-state index in [4.69, 9.17) is 15.6 Å². The van der Waals surface area contributed by atoms with E-state index in [1.54, 1.807) is 31.2 Å². The highest BCUT2D eigenvalue weighted by atomic mass is 16.5. The predicted molar refractivity (Wildman–Crippen MR) is 72.9 cm³/mol. The number of nitrogen functional groups attached to an aromatic ring is 1. The Balaban J connectivity index is 2.49. The summed E-state index contributed by atoms with van der Waals surface area (Å²) >= 11 is 0. The maximum absolute atomic E-state index is 11.9. The largest absolute Gasteiger partial charge is 0.461 e. The number of esters is 1. The lowest BCUT2D eigenvalue weighted by molar-refractivity contribution is 0.0520. The summed E-state index contributed by atoms with van der Waals surface area (Å²) in [4.78, 5) is 11.9. The van der Waals surface area contributed by atoms with Crippen LogP contribution in [0, 0.1) is 0 Å². The molecule has 3 N–H and O–H groups in total. The zero-order valence-corrected chi connectivity index (χ0v) is 11.1. The third kappa shape index (κ3) is 2.77. The first kappa shape index (κ1) is 14.0. The Bertz CT molecular complexity index is 592. The SMILES string of the molecule is CCOC(=O)c1nnn(CCO)c1-c1ccc(N)cc1. The molecule has 1 aromatic carbocycles. The summed E-state index contributed by atoms with van der Waals surface area (Å²) in [6.45, 7) is 2.12. The van der Waals surface area contributed by atoms with Crippen LogP contribution in [-0.2, 0) is 11.3 Å². The topological polar surface area (TPSA) is 103 Å². The predicted octanol–water partition coefficient (Wildman–Crippen LogP) is 0.696. The van der Waals surface area contributed by atoms with Gasteiger partial charge in [-0.2, -0.15) is 0 Å². The van der Waals surface area contributed by atoms with Gasteiger partial charge >= 0.3 is 5.97 Å². The van der Waals surface area contributed by atoms with Crippen molar-refractivity contribution in [2.45, 2.75) is 13.5 Å². The molecule has 0 aliphatic carbocycles. The van der Waals surface area contributed by atoms with Gasteiger partial charge in [0, 0.05) is 11.3 Å². The number of rotatable bonds is 5. The molecule has 0 amide bonds. The van der Waals surface area contributed by atoms with Crippen LogP contribution in [0.25, 0.3) is 11.3 Å². The molecule has 0 bridgehead atoms. The Kier molecular flexibility index (Phi) is 4.31. The van der Waals surface area contributed by atoms with Crippen molar-refractivity contribution >= 4 is 11.7 Å². The first-order valence-electron chi connectivity index (χ1n) is 6.24. The van der Waals surface area contributed by atoms with Gasteiger partial charge in [-0.3, -0.25) is 0 Å². The van der Waals surface area contributed by atoms with Gasteiger partial charge in [0.2, 0.25) is 0 Å². The Labute approximate surface area is 116 Å². The molecule has 0 fully saturated rings. The van der Waals surface area contributed by atoms with E-state index in [0.717, 1.165) is 5.56 Å². The van der Waals surface area contributed by atoms with Crippen LogP contribution < -0.4 is 5.73 Å². The van der Waals surface area contributed by atoms with Gasteiger partial charge in [0.05, 0.1) is 19.8 Å². The number of carbonyl (C=O) groups excluding carboxylic acids is 1. The van der Waals surface area contributed by atoms with Crippen molar-refractivity contribution in [1.29, 1.82) is 0 Å². The summed E-state index contributed by atoms with van der Waals surface area (Å²) in [5.74, 6) is -0.538. The number of aliphatic hydroxyl groups is 1. The second-order valence-electron chi connectivity index (χ2n) is 4.08. The summed E-state index contributed by atoms with van der Waals surface area (Å²) < 4.78 is 6.43. The molecule has 2 rings (SSSR count). The van der Waals surface area contributed by atoms with E-state index >= 15 is 0 Å². The molecule has 0 spiro atoms. The lowest BCUT2D eigenvalue weighted by atomic mass is 10.1. The minimum absolute atomic E-state index is 0.104. The van der Waals surface area contributed by atoms with Crippen molar-refractivity contribution < 1.29 is 14.6 Å². The number of hydrogen-bond donors (Lipinski definition) is 2. The number of aliphatic hydroxyl groups excluding tert-OH is 1. The van der Waals surface area contributed by atoms with Crippen LogP contribution in [-0.4, -0.2) is 39.3 Å². The summed E-state index contributed by atoms with van der Waals surface area (Å²) in [5.41, 5.74) is 7.65. The van der Waals surface area contributed by atoms with Crippen LogP contribution >= 0.6 is 0 Å². The molecular weight excluding hydrogens is 260 g/mol. The van der Waals surface area contributed by atoms with Gasteiger partial charge in [0.25, 0.3) is 0 Å². The fourth-order valence-corrected chi connectivity index (χ4v) is 1.83. The van der Waals surface area contributed by atoms with Gasteiger partial charge in [-0.1, -0.05) is 17.3 Å². The average molecular weight is 276 g/mol. The molecule has 2 aromatic rings. The van der Waals surface area contributed by atoms with E-state index < -0.39 is 5.97 Å². The van der Waals surface area contributed by atoms with E-state index in [9.17, 15) is 4.79 Å². The van der Waals surface area contributed by atoms with Gasteiger partial charge < -0.3 is 15.6 Å². The third-order valence-electron chi connectivity index (χ3n) is 2.70. The number of nitrogens with two attached hydrogens (primary N) is 1. The number of carbonyl (C=O) groups is 1. The van der Waals surface area contributed by atoms with Crippen molar-refractivity contribution in [3.05, 3.63) is 30.0 Å². The standard InChI is InChI=1S/C13H16N4O3/c1-2-20-13(19)11-12(17(7-8-18)16-15-11)9-3-5-10(14)6-4-9/h3-6,18H,2,7-8,14H2,1H3. The lowest BCUT2D eigenvalue weighted by Gasteiger charge is -2.07. The molecule has 0 saturated carbocycles. The highest BCUT2D eigenvalue weighted by Gasteiger charge is 2.21. The Morgan fingerprint density at radius 2 is 2.10 bits per heavy atom. The monoisotopic (exact) mass is 276 g/mol. The van der Waals surface area contributed by atoms with Crippen LogP contribution in [0.5, 0.6) is 0 Å². The molecule has 0 aliphatic rings. The van der Waals surface area contributed by atoms with E-state index in [-0.39, 0.29) is 25.5 Å². The minimum Gasteiger partial charge on any atom is -0.461 e. The van der Waals surface area contributed by atoms with Crippen molar-refractivity contribution in [3.8, 4) is 11.3 Å². The van der Waals surface area contributed by atoms with Crippen molar-refractivity contribution in [3.63, 3.8) is 0 Å². The highest BCUT2D eigenvalue weighted by Crippen LogP contribution is 2.24. The van der Waals surface area contributed by atoms with Crippen LogP contribution in [0.3, 0.4) is 0 Å². The minimum atomic E-state index is -0.538. The zero-order valence-electron chi connectivity index (χ0n) is 11.1. The number of nitrogens with zero attached hydrogens (tertiary/aromatic N) is 3. The molecule has 0 radical (unpaired) electrons.